The van der Waals surface area contributed by atoms with Crippen LogP contribution < -0.4 is 9.47 Å². The van der Waals surface area contributed by atoms with Gasteiger partial charge in [0.05, 0.1) is 7.11 Å². The molecule has 4 aromatic rings. The van der Waals surface area contributed by atoms with Crippen LogP contribution in [0.2, 0.25) is 5.02 Å². The zero-order valence-electron chi connectivity index (χ0n) is 15.2. The summed E-state index contributed by atoms with van der Waals surface area (Å²) >= 11 is 5.89. The Morgan fingerprint density at radius 1 is 1.07 bits per heavy atom. The second-order valence-corrected chi connectivity index (χ2v) is 6.84. The summed E-state index contributed by atoms with van der Waals surface area (Å²) in [7, 11) is 1.54. The highest BCUT2D eigenvalue weighted by molar-refractivity contribution is 6.30. The van der Waals surface area contributed by atoms with Gasteiger partial charge in [0, 0.05) is 35.3 Å². The lowest BCUT2D eigenvalue weighted by Crippen LogP contribution is -2.01. The van der Waals surface area contributed by atoms with Gasteiger partial charge in [0.15, 0.2) is 11.5 Å². The summed E-state index contributed by atoms with van der Waals surface area (Å²) in [6.07, 6.45) is 4.00. The standard InChI is InChI=1S/C22H18ClFN2O2/c1-27-20-10-15(9-16-12-26-22-18(16)3-2-8-25-22)19(24)11-21(20)28-13-14-4-6-17(23)7-5-14/h2-8,10-12H,9,13H2,1H3,(H,25,26). The number of fused-ring (bicyclic) bond motifs is 1. The van der Waals surface area contributed by atoms with Crippen molar-refractivity contribution >= 4 is 22.6 Å². The van der Waals surface area contributed by atoms with Crippen molar-refractivity contribution in [3.05, 3.63) is 88.5 Å². The van der Waals surface area contributed by atoms with Gasteiger partial charge in [-0.1, -0.05) is 23.7 Å². The van der Waals surface area contributed by atoms with E-state index in [0.29, 0.717) is 35.1 Å². The van der Waals surface area contributed by atoms with Gasteiger partial charge < -0.3 is 14.5 Å². The first kappa shape index (κ1) is 18.3. The van der Waals surface area contributed by atoms with Crippen LogP contribution in [0.25, 0.3) is 11.0 Å². The van der Waals surface area contributed by atoms with Crippen molar-refractivity contribution in [2.24, 2.45) is 0 Å². The lowest BCUT2D eigenvalue weighted by atomic mass is 10.0. The summed E-state index contributed by atoms with van der Waals surface area (Å²) in [5.74, 6) is 0.507. The molecule has 0 aliphatic heterocycles. The van der Waals surface area contributed by atoms with Gasteiger partial charge in [0.25, 0.3) is 0 Å². The molecule has 0 unspecified atom stereocenters. The van der Waals surface area contributed by atoms with Crippen molar-refractivity contribution in [2.75, 3.05) is 7.11 Å². The van der Waals surface area contributed by atoms with E-state index in [1.165, 1.54) is 6.07 Å². The predicted octanol–water partition coefficient (Wildman–Crippen LogP) is 5.53. The number of benzene rings is 2. The van der Waals surface area contributed by atoms with Crippen LogP contribution in [0.1, 0.15) is 16.7 Å². The summed E-state index contributed by atoms with van der Waals surface area (Å²) in [5, 5.41) is 1.63. The minimum absolute atomic E-state index is 0.292. The number of nitrogens with one attached hydrogen (secondary N) is 1. The van der Waals surface area contributed by atoms with E-state index in [2.05, 4.69) is 9.97 Å². The van der Waals surface area contributed by atoms with Crippen LogP contribution in [0.3, 0.4) is 0 Å². The molecule has 0 saturated carbocycles. The summed E-state index contributed by atoms with van der Waals surface area (Å²) < 4.78 is 26.0. The van der Waals surface area contributed by atoms with Crippen molar-refractivity contribution in [1.29, 1.82) is 0 Å². The van der Waals surface area contributed by atoms with Gasteiger partial charge in [-0.05, 0) is 47.0 Å². The fourth-order valence-electron chi connectivity index (χ4n) is 3.09. The van der Waals surface area contributed by atoms with E-state index in [1.807, 2.05) is 30.5 Å². The number of H-pyrrole nitrogens is 1. The minimum atomic E-state index is -0.342. The lowest BCUT2D eigenvalue weighted by Gasteiger charge is -2.13. The molecular formula is C22H18ClFN2O2. The Hall–Kier alpha value is -3.05. The van der Waals surface area contributed by atoms with Gasteiger partial charge in [-0.15, -0.1) is 0 Å². The van der Waals surface area contributed by atoms with E-state index in [0.717, 1.165) is 22.2 Å². The SMILES string of the molecule is COc1cc(Cc2c[nH]c3ncccc23)c(F)cc1OCc1ccc(Cl)cc1. The normalized spacial score (nSPS) is 11.0. The lowest BCUT2D eigenvalue weighted by molar-refractivity contribution is 0.282. The number of rotatable bonds is 6. The number of methoxy groups -OCH3 is 1. The molecule has 0 aliphatic rings. The van der Waals surface area contributed by atoms with Crippen LogP contribution >= 0.6 is 11.6 Å². The molecule has 0 bridgehead atoms. The number of halogens is 2. The van der Waals surface area contributed by atoms with Gasteiger partial charge in [-0.25, -0.2) is 9.37 Å². The second-order valence-electron chi connectivity index (χ2n) is 6.40. The molecule has 2 aromatic heterocycles. The van der Waals surface area contributed by atoms with E-state index in [1.54, 1.807) is 31.5 Å². The number of pyridine rings is 1. The fourth-order valence-corrected chi connectivity index (χ4v) is 3.22. The molecule has 2 heterocycles. The molecule has 0 atom stereocenters. The average molecular weight is 397 g/mol. The summed E-state index contributed by atoms with van der Waals surface area (Å²) in [6.45, 7) is 0.292. The van der Waals surface area contributed by atoms with Crippen molar-refractivity contribution in [3.8, 4) is 11.5 Å². The number of hydrogen-bond acceptors (Lipinski definition) is 3. The van der Waals surface area contributed by atoms with Crippen LogP contribution in [0.15, 0.2) is 60.9 Å². The molecule has 0 amide bonds. The van der Waals surface area contributed by atoms with E-state index in [-0.39, 0.29) is 5.82 Å². The van der Waals surface area contributed by atoms with Crippen LogP contribution in [0, 0.1) is 5.82 Å². The van der Waals surface area contributed by atoms with Crippen molar-refractivity contribution in [2.45, 2.75) is 13.0 Å². The average Bonchev–Trinajstić information content (AvgIpc) is 3.12. The Morgan fingerprint density at radius 3 is 2.68 bits per heavy atom. The van der Waals surface area contributed by atoms with Crippen LogP contribution in [-0.2, 0) is 13.0 Å². The van der Waals surface area contributed by atoms with Crippen molar-refractivity contribution in [3.63, 3.8) is 0 Å². The van der Waals surface area contributed by atoms with Gasteiger partial charge in [0.2, 0.25) is 0 Å². The number of ether oxygens (including phenoxy) is 2. The molecule has 6 heteroatoms. The van der Waals surface area contributed by atoms with E-state index in [4.69, 9.17) is 21.1 Å². The molecule has 28 heavy (non-hydrogen) atoms. The topological polar surface area (TPSA) is 47.1 Å². The Labute approximate surface area is 166 Å². The Kier molecular flexibility index (Phi) is 5.17. The predicted molar refractivity (Wildman–Crippen MR) is 108 cm³/mol. The quantitative estimate of drug-likeness (QED) is 0.466. The maximum Gasteiger partial charge on any atom is 0.164 e. The highest BCUT2D eigenvalue weighted by Gasteiger charge is 2.14. The largest absolute Gasteiger partial charge is 0.493 e. The Bertz CT molecular complexity index is 1110. The maximum absolute atomic E-state index is 14.8. The Morgan fingerprint density at radius 2 is 1.89 bits per heavy atom. The highest BCUT2D eigenvalue weighted by atomic mass is 35.5. The molecule has 2 aromatic carbocycles. The third-order valence-corrected chi connectivity index (χ3v) is 4.81. The molecule has 4 nitrogen and oxygen atoms in total. The van der Waals surface area contributed by atoms with E-state index < -0.39 is 0 Å². The van der Waals surface area contributed by atoms with Gasteiger partial charge in [-0.2, -0.15) is 0 Å². The van der Waals surface area contributed by atoms with Crippen LogP contribution in [0.5, 0.6) is 11.5 Å². The summed E-state index contributed by atoms with van der Waals surface area (Å²) in [5.41, 5.74) is 3.22. The van der Waals surface area contributed by atoms with Crippen LogP contribution in [0.4, 0.5) is 4.39 Å². The molecule has 0 aliphatic carbocycles. The van der Waals surface area contributed by atoms with Crippen molar-refractivity contribution < 1.29 is 13.9 Å². The molecule has 0 radical (unpaired) electrons. The van der Waals surface area contributed by atoms with Gasteiger partial charge in [0.1, 0.15) is 18.1 Å². The third kappa shape index (κ3) is 3.80. The number of hydrogen-bond donors (Lipinski definition) is 1. The first-order valence-corrected chi connectivity index (χ1v) is 9.16. The van der Waals surface area contributed by atoms with E-state index in [9.17, 15) is 4.39 Å². The summed E-state index contributed by atoms with van der Waals surface area (Å²) in [6, 6.07) is 14.2. The summed E-state index contributed by atoms with van der Waals surface area (Å²) in [4.78, 5) is 7.38. The van der Waals surface area contributed by atoms with E-state index >= 15 is 0 Å². The second kappa shape index (κ2) is 7.90. The first-order valence-electron chi connectivity index (χ1n) is 8.78. The van der Waals surface area contributed by atoms with Crippen molar-refractivity contribution in [1.82, 2.24) is 9.97 Å². The number of nitrogens with zero attached hydrogens (tertiary/aromatic N) is 1. The fraction of sp³-hybridized carbons (Fsp3) is 0.136. The zero-order chi connectivity index (χ0) is 19.5. The third-order valence-electron chi connectivity index (χ3n) is 4.56. The monoisotopic (exact) mass is 396 g/mol. The molecular weight excluding hydrogens is 379 g/mol. The molecule has 0 spiro atoms. The highest BCUT2D eigenvalue weighted by Crippen LogP contribution is 2.32. The van der Waals surface area contributed by atoms with Gasteiger partial charge in [-0.3, -0.25) is 0 Å². The zero-order valence-corrected chi connectivity index (χ0v) is 16.0. The number of aromatic amines is 1. The maximum atomic E-state index is 14.8. The number of aromatic nitrogens is 2. The molecule has 0 fully saturated rings. The molecule has 4 rings (SSSR count). The first-order chi connectivity index (χ1) is 13.6. The van der Waals surface area contributed by atoms with Crippen LogP contribution in [-0.4, -0.2) is 17.1 Å². The van der Waals surface area contributed by atoms with Gasteiger partial charge >= 0.3 is 0 Å². The Balaban J connectivity index is 1.57. The molecule has 0 saturated heterocycles. The molecule has 1 N–H and O–H groups in total. The minimum Gasteiger partial charge on any atom is -0.493 e. The molecule has 142 valence electrons. The smallest absolute Gasteiger partial charge is 0.164 e.